The summed E-state index contributed by atoms with van der Waals surface area (Å²) in [7, 11) is 0. The van der Waals surface area contributed by atoms with E-state index in [4.69, 9.17) is 4.74 Å². The van der Waals surface area contributed by atoms with Gasteiger partial charge < -0.3 is 4.74 Å². The molecule has 2 rings (SSSR count). The van der Waals surface area contributed by atoms with Gasteiger partial charge in [-0.1, -0.05) is 45.9 Å². The lowest BCUT2D eigenvalue weighted by molar-refractivity contribution is 0.0526. The van der Waals surface area contributed by atoms with E-state index in [1.165, 1.54) is 0 Å². The number of hydrogen-bond donors (Lipinski definition) is 0. The van der Waals surface area contributed by atoms with Crippen LogP contribution in [0.25, 0.3) is 10.9 Å². The monoisotopic (exact) mass is 261 g/mol. The summed E-state index contributed by atoms with van der Waals surface area (Å²) in [5.74, 6) is -0.323. The topological polar surface area (TPSA) is 39.2 Å². The minimum Gasteiger partial charge on any atom is -0.462 e. The summed E-state index contributed by atoms with van der Waals surface area (Å²) in [6, 6.07) is 9.45. The smallest absolute Gasteiger partial charge is 0.339 e. The molecule has 1 aromatic carbocycles. The molecular weight excluding hydrogens is 238 g/mol. The summed E-state index contributed by atoms with van der Waals surface area (Å²) in [6.07, 6.45) is 1.54. The second kappa shape index (κ2) is 10.1. The van der Waals surface area contributed by atoms with Crippen LogP contribution in [0.4, 0.5) is 0 Å². The lowest BCUT2D eigenvalue weighted by Crippen LogP contribution is -2.04. The number of fused-ring (bicyclic) bond motifs is 1. The average molecular weight is 261 g/mol. The lowest BCUT2D eigenvalue weighted by atomic mass is 10.1. The minimum atomic E-state index is -0.323. The summed E-state index contributed by atoms with van der Waals surface area (Å²) >= 11 is 0. The van der Waals surface area contributed by atoms with Gasteiger partial charge in [0.2, 0.25) is 0 Å². The van der Waals surface area contributed by atoms with Crippen LogP contribution in [0.15, 0.2) is 36.5 Å². The molecule has 1 aromatic heterocycles. The number of aromatic nitrogens is 1. The number of ether oxygens (including phenoxy) is 1. The summed E-state index contributed by atoms with van der Waals surface area (Å²) in [6.45, 7) is 10.2. The quantitative estimate of drug-likeness (QED) is 0.749. The molecule has 1 heterocycles. The van der Waals surface area contributed by atoms with Crippen molar-refractivity contribution in [2.75, 3.05) is 6.61 Å². The van der Waals surface area contributed by atoms with E-state index in [0.29, 0.717) is 12.2 Å². The molecule has 0 amide bonds. The summed E-state index contributed by atoms with van der Waals surface area (Å²) in [5.41, 5.74) is 1.38. The van der Waals surface area contributed by atoms with Gasteiger partial charge in [-0.05, 0) is 19.1 Å². The van der Waals surface area contributed by atoms with Crippen LogP contribution in [-0.2, 0) is 4.74 Å². The highest BCUT2D eigenvalue weighted by atomic mass is 16.5. The Morgan fingerprint density at radius 1 is 1.16 bits per heavy atom. The van der Waals surface area contributed by atoms with Gasteiger partial charge in [0.25, 0.3) is 0 Å². The van der Waals surface area contributed by atoms with Crippen molar-refractivity contribution in [1.29, 1.82) is 0 Å². The molecule has 0 unspecified atom stereocenters. The Balaban J connectivity index is 0.000000741. The fourth-order valence-electron chi connectivity index (χ4n) is 1.40. The van der Waals surface area contributed by atoms with Gasteiger partial charge in [-0.15, -0.1) is 0 Å². The maximum atomic E-state index is 11.4. The maximum absolute atomic E-state index is 11.4. The van der Waals surface area contributed by atoms with E-state index in [9.17, 15) is 4.79 Å². The van der Waals surface area contributed by atoms with Gasteiger partial charge in [0, 0.05) is 11.6 Å². The molecule has 0 spiro atoms. The number of benzene rings is 1. The third-order valence-electron chi connectivity index (χ3n) is 2.10. The largest absolute Gasteiger partial charge is 0.462 e. The van der Waals surface area contributed by atoms with Crippen LogP contribution in [0.1, 0.15) is 45.0 Å². The molecule has 0 bridgehead atoms. The molecule has 0 atom stereocenters. The number of carbonyl (C=O) groups is 1. The van der Waals surface area contributed by atoms with Crippen LogP contribution in [0, 0.1) is 0 Å². The van der Waals surface area contributed by atoms with Crippen LogP contribution < -0.4 is 0 Å². The molecule has 0 saturated heterocycles. The molecule has 0 fully saturated rings. The number of esters is 1. The van der Waals surface area contributed by atoms with E-state index in [-0.39, 0.29) is 5.97 Å². The Morgan fingerprint density at radius 2 is 1.79 bits per heavy atom. The third-order valence-corrected chi connectivity index (χ3v) is 2.10. The van der Waals surface area contributed by atoms with Gasteiger partial charge in [0.05, 0.1) is 17.7 Å². The number of para-hydroxylation sites is 1. The third kappa shape index (κ3) is 5.08. The first-order valence-corrected chi connectivity index (χ1v) is 6.83. The van der Waals surface area contributed by atoms with E-state index in [2.05, 4.69) is 4.98 Å². The van der Waals surface area contributed by atoms with Crippen molar-refractivity contribution >= 4 is 16.9 Å². The van der Waals surface area contributed by atoms with E-state index in [0.717, 1.165) is 10.9 Å². The fraction of sp³-hybridized carbons (Fsp3) is 0.375. The van der Waals surface area contributed by atoms with E-state index >= 15 is 0 Å². The predicted molar refractivity (Wildman–Crippen MR) is 80.4 cm³/mol. The van der Waals surface area contributed by atoms with Crippen molar-refractivity contribution in [3.8, 4) is 0 Å². The van der Waals surface area contributed by atoms with E-state index in [1.54, 1.807) is 19.2 Å². The Morgan fingerprint density at radius 3 is 2.42 bits per heavy atom. The van der Waals surface area contributed by atoms with Gasteiger partial charge in [-0.2, -0.15) is 0 Å². The second-order valence-electron chi connectivity index (χ2n) is 3.14. The highest BCUT2D eigenvalue weighted by Gasteiger charge is 2.06. The molecule has 0 saturated carbocycles. The predicted octanol–water partition coefficient (Wildman–Crippen LogP) is 4.46. The molecule has 0 aliphatic heterocycles. The fourth-order valence-corrected chi connectivity index (χ4v) is 1.40. The number of nitrogens with zero attached hydrogens (tertiary/aromatic N) is 1. The standard InChI is InChI=1S/C12H11NO2.2C2H6/c1-2-15-12(14)10-7-9-5-3-4-6-11(9)13-8-10;2*1-2/h3-8H,2H2,1H3;2*1-2H3. The zero-order valence-electron chi connectivity index (χ0n) is 12.4. The normalized spacial score (nSPS) is 8.68. The van der Waals surface area contributed by atoms with Gasteiger partial charge in [-0.3, -0.25) is 4.98 Å². The van der Waals surface area contributed by atoms with Gasteiger partial charge >= 0.3 is 5.97 Å². The molecule has 0 aliphatic rings. The van der Waals surface area contributed by atoms with Gasteiger partial charge in [0.1, 0.15) is 0 Å². The Bertz CT molecular complexity index is 495. The second-order valence-corrected chi connectivity index (χ2v) is 3.14. The van der Waals surface area contributed by atoms with Crippen LogP contribution in [-0.4, -0.2) is 17.6 Å². The Labute approximate surface area is 115 Å². The molecular formula is C16H23NO2. The average Bonchev–Trinajstić information content (AvgIpc) is 2.51. The summed E-state index contributed by atoms with van der Waals surface area (Å²) < 4.78 is 4.90. The number of pyridine rings is 1. The lowest BCUT2D eigenvalue weighted by Gasteiger charge is -2.02. The Kier molecular flexibility index (Phi) is 9.06. The van der Waals surface area contributed by atoms with Gasteiger partial charge in [0.15, 0.2) is 0 Å². The van der Waals surface area contributed by atoms with E-state index in [1.807, 2.05) is 52.0 Å². The molecule has 3 heteroatoms. The first-order valence-electron chi connectivity index (χ1n) is 6.83. The minimum absolute atomic E-state index is 0.323. The van der Waals surface area contributed by atoms with Crippen LogP contribution >= 0.6 is 0 Å². The zero-order valence-corrected chi connectivity index (χ0v) is 12.4. The van der Waals surface area contributed by atoms with E-state index < -0.39 is 0 Å². The van der Waals surface area contributed by atoms with Crippen LogP contribution in [0.2, 0.25) is 0 Å². The maximum Gasteiger partial charge on any atom is 0.339 e. The van der Waals surface area contributed by atoms with Crippen molar-refractivity contribution in [3.05, 3.63) is 42.1 Å². The van der Waals surface area contributed by atoms with Crippen molar-refractivity contribution in [1.82, 2.24) is 4.98 Å². The molecule has 0 radical (unpaired) electrons. The van der Waals surface area contributed by atoms with Gasteiger partial charge in [-0.25, -0.2) is 4.79 Å². The molecule has 2 aromatic rings. The molecule has 3 nitrogen and oxygen atoms in total. The van der Waals surface area contributed by atoms with Crippen molar-refractivity contribution < 1.29 is 9.53 Å². The van der Waals surface area contributed by atoms with Crippen LogP contribution in [0.3, 0.4) is 0 Å². The molecule has 104 valence electrons. The SMILES string of the molecule is CC.CC.CCOC(=O)c1cnc2ccccc2c1. The number of carbonyl (C=O) groups excluding carboxylic acids is 1. The molecule has 19 heavy (non-hydrogen) atoms. The first kappa shape index (κ1) is 17.1. The first-order chi connectivity index (χ1) is 9.31. The van der Waals surface area contributed by atoms with Crippen molar-refractivity contribution in [3.63, 3.8) is 0 Å². The summed E-state index contributed by atoms with van der Waals surface area (Å²) in [4.78, 5) is 15.6. The van der Waals surface area contributed by atoms with Crippen molar-refractivity contribution in [2.24, 2.45) is 0 Å². The van der Waals surface area contributed by atoms with Crippen LogP contribution in [0.5, 0.6) is 0 Å². The number of hydrogen-bond acceptors (Lipinski definition) is 3. The van der Waals surface area contributed by atoms with Crippen molar-refractivity contribution in [2.45, 2.75) is 34.6 Å². The number of rotatable bonds is 2. The summed E-state index contributed by atoms with van der Waals surface area (Å²) in [5, 5.41) is 0.947. The molecule has 0 aliphatic carbocycles. The Hall–Kier alpha value is -1.90. The highest BCUT2D eigenvalue weighted by Crippen LogP contribution is 2.13. The zero-order chi connectivity index (χ0) is 14.7. The molecule has 0 N–H and O–H groups in total. The highest BCUT2D eigenvalue weighted by molar-refractivity contribution is 5.93.